The lowest BCUT2D eigenvalue weighted by atomic mass is 10.1. The van der Waals surface area contributed by atoms with Crippen molar-refractivity contribution in [1.82, 2.24) is 5.16 Å². The molecular formula is C17H17N3O6. The lowest BCUT2D eigenvalue weighted by Crippen LogP contribution is -2.29. The number of carbonyl (C=O) groups excluding carboxylic acids is 1. The number of rotatable bonds is 7. The minimum absolute atomic E-state index is 0.0589. The Labute approximate surface area is 149 Å². The monoisotopic (exact) mass is 359 g/mol. The van der Waals surface area contributed by atoms with Gasteiger partial charge in [-0.25, -0.2) is 4.79 Å². The summed E-state index contributed by atoms with van der Waals surface area (Å²) in [5.74, 6) is 0.0450. The highest BCUT2D eigenvalue weighted by Crippen LogP contribution is 2.29. The lowest BCUT2D eigenvalue weighted by Gasteiger charge is -2.10. The molecular weight excluding hydrogens is 342 g/mol. The molecule has 136 valence electrons. The summed E-state index contributed by atoms with van der Waals surface area (Å²) in [4.78, 5) is 12.0. The zero-order valence-corrected chi connectivity index (χ0v) is 14.5. The second kappa shape index (κ2) is 8.53. The van der Waals surface area contributed by atoms with E-state index in [0.29, 0.717) is 22.8 Å². The van der Waals surface area contributed by atoms with Gasteiger partial charge in [-0.3, -0.25) is 4.63 Å². The molecule has 2 aromatic rings. The zero-order valence-electron chi connectivity index (χ0n) is 14.5. The van der Waals surface area contributed by atoms with Crippen LogP contribution in [0.1, 0.15) is 23.9 Å². The van der Waals surface area contributed by atoms with Crippen molar-refractivity contribution in [3.05, 3.63) is 45.9 Å². The molecule has 0 N–H and O–H groups in total. The first kappa shape index (κ1) is 18.8. The van der Waals surface area contributed by atoms with Gasteiger partial charge in [-0.05, 0) is 35.6 Å². The summed E-state index contributed by atoms with van der Waals surface area (Å²) in [6.45, 7) is 3.40. The lowest BCUT2D eigenvalue weighted by molar-refractivity contribution is -0.808. The average molecular weight is 359 g/mol. The molecule has 26 heavy (non-hydrogen) atoms. The third kappa shape index (κ3) is 4.30. The molecule has 1 heterocycles. The first-order chi connectivity index (χ1) is 12.5. The molecule has 1 aromatic carbocycles. The Morgan fingerprint density at radius 3 is 2.81 bits per heavy atom. The van der Waals surface area contributed by atoms with Crippen LogP contribution >= 0.6 is 0 Å². The highest BCUT2D eigenvalue weighted by atomic mass is 16.8. The quantitative estimate of drug-likeness (QED) is 0.317. The van der Waals surface area contributed by atoms with Gasteiger partial charge in [-0.15, -0.1) is 0 Å². The predicted octanol–water partition coefficient (Wildman–Crippen LogP) is 1.67. The van der Waals surface area contributed by atoms with Gasteiger partial charge in [0.25, 0.3) is 0 Å². The van der Waals surface area contributed by atoms with E-state index in [1.54, 1.807) is 38.1 Å². The number of carbonyl (C=O) groups is 1. The molecule has 0 bridgehead atoms. The van der Waals surface area contributed by atoms with Crippen LogP contribution < -0.4 is 14.4 Å². The van der Waals surface area contributed by atoms with Crippen molar-refractivity contribution in [2.24, 2.45) is 0 Å². The number of hydrogen-bond donors (Lipinski definition) is 0. The Morgan fingerprint density at radius 1 is 1.46 bits per heavy atom. The molecule has 0 aliphatic heterocycles. The number of aryl methyl sites for hydroxylation is 1. The molecule has 0 unspecified atom stereocenters. The number of benzene rings is 1. The summed E-state index contributed by atoms with van der Waals surface area (Å²) in [7, 11) is 1.45. The Bertz CT molecular complexity index is 846. The van der Waals surface area contributed by atoms with Crippen LogP contribution in [-0.4, -0.2) is 24.8 Å². The second-order valence-corrected chi connectivity index (χ2v) is 5.05. The molecule has 0 atom stereocenters. The topological polar surface area (TPSA) is 122 Å². The fraction of sp³-hybridized carbons (Fsp3) is 0.294. The molecule has 0 amide bonds. The standard InChI is InChI=1S/C17H17N3O6/c1-4-24-17(21)13(9-18)7-12-5-6-15(16(8-12)23-3)25-10-14-11(2)19-26-20(14)22/h5-8H,4,10H2,1-3H3. The maximum Gasteiger partial charge on any atom is 0.348 e. The zero-order chi connectivity index (χ0) is 19.1. The summed E-state index contributed by atoms with van der Waals surface area (Å²) < 4.78 is 20.1. The molecule has 1 aromatic heterocycles. The van der Waals surface area contributed by atoms with Crippen molar-refractivity contribution in [1.29, 1.82) is 5.26 Å². The summed E-state index contributed by atoms with van der Waals surface area (Å²) >= 11 is 0. The van der Waals surface area contributed by atoms with Crippen LogP contribution in [0.15, 0.2) is 28.4 Å². The first-order valence-corrected chi connectivity index (χ1v) is 7.65. The Balaban J connectivity index is 2.21. The van der Waals surface area contributed by atoms with E-state index in [-0.39, 0.29) is 29.4 Å². The first-order valence-electron chi connectivity index (χ1n) is 7.65. The second-order valence-electron chi connectivity index (χ2n) is 5.05. The van der Waals surface area contributed by atoms with Crippen LogP contribution in [0.2, 0.25) is 0 Å². The number of esters is 1. The summed E-state index contributed by atoms with van der Waals surface area (Å²) in [5.41, 5.74) is 1.09. The molecule has 9 heteroatoms. The van der Waals surface area contributed by atoms with Crippen molar-refractivity contribution in [2.45, 2.75) is 20.5 Å². The van der Waals surface area contributed by atoms with E-state index in [2.05, 4.69) is 9.79 Å². The summed E-state index contributed by atoms with van der Waals surface area (Å²) in [6.07, 6.45) is 1.39. The highest BCUT2D eigenvalue weighted by molar-refractivity contribution is 5.97. The number of nitrogens with zero attached hydrogens (tertiary/aromatic N) is 3. The van der Waals surface area contributed by atoms with Gasteiger partial charge in [-0.2, -0.15) is 5.26 Å². The molecule has 0 fully saturated rings. The van der Waals surface area contributed by atoms with Crippen molar-refractivity contribution in [3.8, 4) is 17.6 Å². The van der Waals surface area contributed by atoms with Gasteiger partial charge in [0.1, 0.15) is 11.6 Å². The van der Waals surface area contributed by atoms with Gasteiger partial charge in [0.15, 0.2) is 18.1 Å². The Morgan fingerprint density at radius 2 is 2.23 bits per heavy atom. The molecule has 0 saturated carbocycles. The average Bonchev–Trinajstić information content (AvgIpc) is 2.96. The molecule has 0 aliphatic carbocycles. The maximum absolute atomic E-state index is 11.7. The van der Waals surface area contributed by atoms with E-state index in [4.69, 9.17) is 19.5 Å². The van der Waals surface area contributed by atoms with Crippen molar-refractivity contribution >= 4 is 12.0 Å². The number of ether oxygens (including phenoxy) is 3. The van der Waals surface area contributed by atoms with Crippen molar-refractivity contribution < 1.29 is 28.5 Å². The number of methoxy groups -OCH3 is 1. The van der Waals surface area contributed by atoms with Crippen molar-refractivity contribution in [3.63, 3.8) is 0 Å². The van der Waals surface area contributed by atoms with Crippen LogP contribution in [0, 0.1) is 23.5 Å². The normalized spacial score (nSPS) is 10.9. The largest absolute Gasteiger partial charge is 0.493 e. The van der Waals surface area contributed by atoms with Gasteiger partial charge < -0.3 is 19.4 Å². The molecule has 2 rings (SSSR count). The van der Waals surface area contributed by atoms with E-state index in [0.717, 1.165) is 0 Å². The fourth-order valence-corrected chi connectivity index (χ4v) is 2.04. The van der Waals surface area contributed by atoms with E-state index < -0.39 is 5.97 Å². The third-order valence-electron chi connectivity index (χ3n) is 3.37. The van der Waals surface area contributed by atoms with Crippen LogP contribution in [0.25, 0.3) is 6.08 Å². The predicted molar refractivity (Wildman–Crippen MR) is 87.7 cm³/mol. The summed E-state index contributed by atoms with van der Waals surface area (Å²) in [6, 6.07) is 6.64. The van der Waals surface area contributed by atoms with E-state index in [1.807, 2.05) is 0 Å². The highest BCUT2D eigenvalue weighted by Gasteiger charge is 2.17. The number of aromatic nitrogens is 2. The van der Waals surface area contributed by atoms with Gasteiger partial charge in [-0.1, -0.05) is 6.07 Å². The minimum Gasteiger partial charge on any atom is -0.493 e. The Hall–Kier alpha value is -3.54. The Kier molecular flexibility index (Phi) is 6.16. The van der Waals surface area contributed by atoms with Gasteiger partial charge in [0, 0.05) is 12.1 Å². The van der Waals surface area contributed by atoms with E-state index in [1.165, 1.54) is 13.2 Å². The molecule has 9 nitrogen and oxygen atoms in total. The van der Waals surface area contributed by atoms with E-state index in [9.17, 15) is 10.0 Å². The molecule has 0 aliphatic rings. The van der Waals surface area contributed by atoms with Gasteiger partial charge in [0.2, 0.25) is 11.4 Å². The van der Waals surface area contributed by atoms with Crippen LogP contribution in [0.3, 0.4) is 0 Å². The molecule has 0 spiro atoms. The van der Waals surface area contributed by atoms with Gasteiger partial charge in [0.05, 0.1) is 13.7 Å². The molecule has 0 saturated heterocycles. The third-order valence-corrected chi connectivity index (χ3v) is 3.37. The smallest absolute Gasteiger partial charge is 0.348 e. The van der Waals surface area contributed by atoms with E-state index >= 15 is 0 Å². The van der Waals surface area contributed by atoms with Crippen molar-refractivity contribution in [2.75, 3.05) is 13.7 Å². The fourth-order valence-electron chi connectivity index (χ4n) is 2.04. The molecule has 0 radical (unpaired) electrons. The number of nitriles is 1. The minimum atomic E-state index is -0.697. The SMILES string of the molecule is CCOC(=O)C(C#N)=Cc1ccc(OCc2c(C)no[n+]2[O-])c(OC)c1. The summed E-state index contributed by atoms with van der Waals surface area (Å²) in [5, 5.41) is 24.1. The van der Waals surface area contributed by atoms with Gasteiger partial charge >= 0.3 is 5.97 Å². The number of hydrogen-bond acceptors (Lipinski definition) is 8. The van der Waals surface area contributed by atoms with Crippen LogP contribution in [0.4, 0.5) is 0 Å². The maximum atomic E-state index is 11.7. The van der Waals surface area contributed by atoms with Crippen LogP contribution in [-0.2, 0) is 16.1 Å². The van der Waals surface area contributed by atoms with Crippen LogP contribution in [0.5, 0.6) is 11.5 Å².